The van der Waals surface area contributed by atoms with E-state index in [2.05, 4.69) is 0 Å². The second-order valence-corrected chi connectivity index (χ2v) is 10.4. The number of aromatic hydroxyl groups is 4. The topological polar surface area (TPSA) is 289 Å². The van der Waals surface area contributed by atoms with Gasteiger partial charge in [-0.25, -0.2) is 0 Å². The standard InChI is InChI=1S/C27H32O17/c28-6-16-19(34)21(36)23(38)26(43-16)41-14-3-8-4-15(42-27-24(39)22(37)20(35)17(7-29)44-27)25(40-13(8)5-10(14)30)9-1-11(31)18(33)12(32)2-9/h1-5,16-17,19-39H,6-7H2/t16-,17-,19-,20-,21+,22+,23-,24-,25?,26-,27-/m1/s1. The molecule has 2 aromatic rings. The molecule has 0 amide bonds. The average molecular weight is 629 g/mol. The summed E-state index contributed by atoms with van der Waals surface area (Å²) in [5, 5.41) is 121. The van der Waals surface area contributed by atoms with Crippen molar-refractivity contribution in [1.29, 1.82) is 0 Å². The third kappa shape index (κ3) is 5.77. The fourth-order valence-corrected chi connectivity index (χ4v) is 4.98. The minimum Gasteiger partial charge on any atom is -0.504 e. The highest BCUT2D eigenvalue weighted by Gasteiger charge is 2.47. The summed E-state index contributed by atoms with van der Waals surface area (Å²) in [4.78, 5) is 0. The molecule has 3 aliphatic rings. The fourth-order valence-electron chi connectivity index (χ4n) is 4.98. The quantitative estimate of drug-likeness (QED) is 0.136. The smallest absolute Gasteiger partial charge is 0.229 e. The van der Waals surface area contributed by atoms with Crippen LogP contribution in [0.4, 0.5) is 0 Å². The van der Waals surface area contributed by atoms with Gasteiger partial charge in [-0.2, -0.15) is 0 Å². The van der Waals surface area contributed by atoms with Crippen molar-refractivity contribution in [3.63, 3.8) is 0 Å². The summed E-state index contributed by atoms with van der Waals surface area (Å²) >= 11 is 0. The number of hydrogen-bond donors (Lipinski definition) is 12. The van der Waals surface area contributed by atoms with Crippen LogP contribution in [0.5, 0.6) is 34.5 Å². The van der Waals surface area contributed by atoms with Crippen LogP contribution in [0.1, 0.15) is 17.2 Å². The lowest BCUT2D eigenvalue weighted by atomic mass is 9.98. The number of fused-ring (bicyclic) bond motifs is 1. The van der Waals surface area contributed by atoms with E-state index in [4.69, 9.17) is 23.7 Å². The molecule has 0 aliphatic carbocycles. The lowest BCUT2D eigenvalue weighted by Gasteiger charge is -2.41. The summed E-state index contributed by atoms with van der Waals surface area (Å²) in [5.74, 6) is -3.38. The molecule has 17 heteroatoms. The van der Waals surface area contributed by atoms with E-state index in [0.29, 0.717) is 0 Å². The molecule has 12 N–H and O–H groups in total. The Hall–Kier alpha value is -3.62. The Morgan fingerprint density at radius 3 is 1.66 bits per heavy atom. The van der Waals surface area contributed by atoms with Crippen molar-refractivity contribution >= 4 is 6.08 Å². The van der Waals surface area contributed by atoms with Gasteiger partial charge in [0.1, 0.15) is 60.3 Å². The Morgan fingerprint density at radius 2 is 1.14 bits per heavy atom. The van der Waals surface area contributed by atoms with Crippen molar-refractivity contribution < 1.29 is 85.0 Å². The van der Waals surface area contributed by atoms with Gasteiger partial charge < -0.3 is 85.0 Å². The number of benzene rings is 2. The first-order valence-electron chi connectivity index (χ1n) is 13.3. The van der Waals surface area contributed by atoms with Crippen LogP contribution in [0.25, 0.3) is 6.08 Å². The highest BCUT2D eigenvalue weighted by Crippen LogP contribution is 2.46. The predicted molar refractivity (Wildman–Crippen MR) is 140 cm³/mol. The van der Waals surface area contributed by atoms with Gasteiger partial charge in [-0.05, 0) is 24.3 Å². The van der Waals surface area contributed by atoms with E-state index in [1.165, 1.54) is 12.1 Å². The molecular weight excluding hydrogens is 596 g/mol. The molecule has 0 radical (unpaired) electrons. The van der Waals surface area contributed by atoms with Crippen molar-refractivity contribution in [2.75, 3.05) is 13.2 Å². The van der Waals surface area contributed by atoms with E-state index in [9.17, 15) is 61.3 Å². The van der Waals surface area contributed by atoms with Crippen LogP contribution in [-0.4, -0.2) is 136 Å². The first kappa shape index (κ1) is 31.8. The summed E-state index contributed by atoms with van der Waals surface area (Å²) in [6.07, 6.45) is -16.5. The summed E-state index contributed by atoms with van der Waals surface area (Å²) in [7, 11) is 0. The lowest BCUT2D eigenvalue weighted by Crippen LogP contribution is -2.60. The second-order valence-electron chi connectivity index (χ2n) is 10.4. The summed E-state index contributed by atoms with van der Waals surface area (Å²) < 4.78 is 28.1. The van der Waals surface area contributed by atoms with Crippen LogP contribution in [-0.2, 0) is 14.2 Å². The molecule has 2 saturated heterocycles. The summed E-state index contributed by atoms with van der Waals surface area (Å²) in [6, 6.07) is 4.35. The van der Waals surface area contributed by atoms with E-state index >= 15 is 0 Å². The minimum absolute atomic E-state index is 0.000394. The van der Waals surface area contributed by atoms with Crippen molar-refractivity contribution in [3.05, 3.63) is 41.2 Å². The zero-order chi connectivity index (χ0) is 32.0. The van der Waals surface area contributed by atoms with Gasteiger partial charge in [0, 0.05) is 17.2 Å². The monoisotopic (exact) mass is 628 g/mol. The van der Waals surface area contributed by atoms with Gasteiger partial charge in [0.25, 0.3) is 0 Å². The molecule has 0 spiro atoms. The highest BCUT2D eigenvalue weighted by molar-refractivity contribution is 5.67. The van der Waals surface area contributed by atoms with Crippen LogP contribution >= 0.6 is 0 Å². The number of ether oxygens (including phenoxy) is 5. The molecule has 1 unspecified atom stereocenters. The van der Waals surface area contributed by atoms with Crippen LogP contribution < -0.4 is 9.47 Å². The van der Waals surface area contributed by atoms with E-state index in [1.54, 1.807) is 0 Å². The number of phenolic OH excluding ortho intramolecular Hbond substituents is 4. The zero-order valence-corrected chi connectivity index (χ0v) is 22.6. The van der Waals surface area contributed by atoms with Gasteiger partial charge in [-0.15, -0.1) is 0 Å². The molecule has 44 heavy (non-hydrogen) atoms. The number of aliphatic hydroxyl groups excluding tert-OH is 8. The molecule has 2 aromatic carbocycles. The van der Waals surface area contributed by atoms with Crippen molar-refractivity contribution in [2.45, 2.75) is 67.5 Å². The van der Waals surface area contributed by atoms with Crippen molar-refractivity contribution in [3.8, 4) is 34.5 Å². The third-order valence-corrected chi connectivity index (χ3v) is 7.48. The van der Waals surface area contributed by atoms with Gasteiger partial charge in [0.15, 0.2) is 34.9 Å². The number of phenols is 4. The summed E-state index contributed by atoms with van der Waals surface area (Å²) in [5.41, 5.74) is 0.130. The molecule has 5 rings (SSSR count). The van der Waals surface area contributed by atoms with E-state index in [0.717, 1.165) is 18.2 Å². The molecule has 0 bridgehead atoms. The Balaban J connectivity index is 1.51. The Kier molecular flexibility index (Phi) is 8.96. The Labute approximate surface area is 247 Å². The highest BCUT2D eigenvalue weighted by atomic mass is 16.7. The average Bonchev–Trinajstić information content (AvgIpc) is 3.00. The van der Waals surface area contributed by atoms with E-state index in [-0.39, 0.29) is 28.4 Å². The fraction of sp³-hybridized carbons (Fsp3) is 0.481. The number of rotatable bonds is 7. The first-order chi connectivity index (χ1) is 20.8. The van der Waals surface area contributed by atoms with Gasteiger partial charge >= 0.3 is 0 Å². The molecule has 2 fully saturated rings. The maximum atomic E-state index is 10.7. The SMILES string of the molecule is OC[C@H]1O[C@@H](OC2=Cc3cc(O[C@@H]4O[C@H](CO)[C@@H](O)[C@H](O)[C@H]4O)c(O)cc3OC2c2cc(O)c(O)c(O)c2)[C@H](O)[C@@H](O)[C@@H]1O. The van der Waals surface area contributed by atoms with Crippen molar-refractivity contribution in [2.24, 2.45) is 0 Å². The number of hydrogen-bond acceptors (Lipinski definition) is 17. The normalized spacial score (nSPS) is 35.3. The zero-order valence-electron chi connectivity index (χ0n) is 22.6. The molecule has 242 valence electrons. The van der Waals surface area contributed by atoms with Crippen LogP contribution in [0.3, 0.4) is 0 Å². The first-order valence-corrected chi connectivity index (χ1v) is 13.3. The van der Waals surface area contributed by atoms with E-state index in [1.807, 2.05) is 0 Å². The van der Waals surface area contributed by atoms with E-state index < -0.39 is 104 Å². The van der Waals surface area contributed by atoms with Crippen LogP contribution in [0.2, 0.25) is 0 Å². The largest absolute Gasteiger partial charge is 0.504 e. The van der Waals surface area contributed by atoms with Crippen molar-refractivity contribution in [1.82, 2.24) is 0 Å². The minimum atomic E-state index is -1.83. The van der Waals surface area contributed by atoms with Gasteiger partial charge in [-0.3, -0.25) is 0 Å². The molecule has 3 aliphatic heterocycles. The van der Waals surface area contributed by atoms with Crippen LogP contribution in [0, 0.1) is 0 Å². The Morgan fingerprint density at radius 1 is 0.614 bits per heavy atom. The molecule has 3 heterocycles. The lowest BCUT2D eigenvalue weighted by molar-refractivity contribution is -0.293. The maximum absolute atomic E-state index is 10.7. The molecule has 0 aromatic heterocycles. The van der Waals surface area contributed by atoms with Gasteiger partial charge in [0.05, 0.1) is 13.2 Å². The third-order valence-electron chi connectivity index (χ3n) is 7.48. The van der Waals surface area contributed by atoms with Crippen LogP contribution in [0.15, 0.2) is 30.0 Å². The molecule has 17 nitrogen and oxygen atoms in total. The molecule has 11 atom stereocenters. The maximum Gasteiger partial charge on any atom is 0.229 e. The Bertz CT molecular complexity index is 1360. The molecule has 0 saturated carbocycles. The van der Waals surface area contributed by atoms with Gasteiger partial charge in [0.2, 0.25) is 12.6 Å². The molecular formula is C27H32O17. The van der Waals surface area contributed by atoms with Gasteiger partial charge in [-0.1, -0.05) is 0 Å². The number of aliphatic hydroxyl groups is 8. The predicted octanol–water partition coefficient (Wildman–Crippen LogP) is -3.02. The second kappa shape index (κ2) is 12.4. The summed E-state index contributed by atoms with van der Waals surface area (Å²) in [6.45, 7) is -1.47.